The van der Waals surface area contributed by atoms with Gasteiger partial charge in [0.25, 0.3) is 0 Å². The van der Waals surface area contributed by atoms with Gasteiger partial charge < -0.3 is 15.6 Å². The number of nitrogens with two attached hydrogens (primary N) is 1. The highest BCUT2D eigenvalue weighted by atomic mass is 19.1. The van der Waals surface area contributed by atoms with E-state index >= 15 is 0 Å². The molecule has 4 rings (SSSR count). The van der Waals surface area contributed by atoms with Crippen LogP contribution in [0.3, 0.4) is 0 Å². The molecular formula is C28H33FN2O2. The molecule has 0 radical (unpaired) electrons. The number of halogens is 1. The summed E-state index contributed by atoms with van der Waals surface area (Å²) < 4.78 is 19.6. The lowest BCUT2D eigenvalue weighted by molar-refractivity contribution is 0.138. The van der Waals surface area contributed by atoms with E-state index in [-0.39, 0.29) is 11.6 Å². The normalized spacial score (nSPS) is 14.5. The summed E-state index contributed by atoms with van der Waals surface area (Å²) in [6, 6.07) is 16.4. The van der Waals surface area contributed by atoms with E-state index in [1.54, 1.807) is 12.1 Å². The van der Waals surface area contributed by atoms with E-state index < -0.39 is 0 Å². The molecule has 0 atom stereocenters. The van der Waals surface area contributed by atoms with Gasteiger partial charge in [0.2, 0.25) is 0 Å². The summed E-state index contributed by atoms with van der Waals surface area (Å²) in [4.78, 5) is 2.41. The average molecular weight is 449 g/mol. The summed E-state index contributed by atoms with van der Waals surface area (Å²) in [6.45, 7) is 5.28. The van der Waals surface area contributed by atoms with Gasteiger partial charge in [-0.05, 0) is 85.8 Å². The molecule has 1 aliphatic carbocycles. The van der Waals surface area contributed by atoms with Crippen molar-refractivity contribution in [1.29, 1.82) is 0 Å². The number of rotatable bonds is 7. The Hall–Kier alpha value is -3.05. The van der Waals surface area contributed by atoms with Gasteiger partial charge in [0.05, 0.1) is 0 Å². The zero-order valence-electron chi connectivity index (χ0n) is 19.5. The maximum absolute atomic E-state index is 13.4. The zero-order chi connectivity index (χ0) is 23.4. The standard InChI is InChI=1S/C28H33FN2O2/c1-19-14-24(30)15-20(2)28(19)33-26-12-13-27(32)22(16-26)18-31(25-6-4-3-5-7-25)17-21-8-10-23(29)11-9-21/h8-16,25,32H,3-7,17-18,30H2,1-2H3. The van der Waals surface area contributed by atoms with Crippen LogP contribution >= 0.6 is 0 Å². The van der Waals surface area contributed by atoms with Crippen LogP contribution in [0.2, 0.25) is 0 Å². The third-order valence-corrected chi connectivity index (χ3v) is 6.52. The molecule has 1 fully saturated rings. The third-order valence-electron chi connectivity index (χ3n) is 6.52. The number of hydrogen-bond donors (Lipinski definition) is 2. The predicted molar refractivity (Wildman–Crippen MR) is 131 cm³/mol. The van der Waals surface area contributed by atoms with Crippen LogP contribution in [-0.2, 0) is 13.1 Å². The molecule has 0 spiro atoms. The van der Waals surface area contributed by atoms with Crippen LogP contribution < -0.4 is 10.5 Å². The molecule has 1 aliphatic rings. The SMILES string of the molecule is Cc1cc(N)cc(C)c1Oc1ccc(O)c(CN(Cc2ccc(F)cc2)C2CCCCC2)c1. The second-order valence-electron chi connectivity index (χ2n) is 9.20. The van der Waals surface area contributed by atoms with Gasteiger partial charge in [-0.15, -0.1) is 0 Å². The maximum Gasteiger partial charge on any atom is 0.133 e. The summed E-state index contributed by atoms with van der Waals surface area (Å²) in [5.74, 6) is 1.51. The fourth-order valence-electron chi connectivity index (χ4n) is 4.82. The Kier molecular flexibility index (Phi) is 7.19. The van der Waals surface area contributed by atoms with Gasteiger partial charge in [-0.2, -0.15) is 0 Å². The van der Waals surface area contributed by atoms with Crippen LogP contribution in [0.15, 0.2) is 54.6 Å². The Morgan fingerprint density at radius 3 is 2.27 bits per heavy atom. The summed E-state index contributed by atoms with van der Waals surface area (Å²) in [6.07, 6.45) is 5.99. The largest absolute Gasteiger partial charge is 0.508 e. The molecule has 3 N–H and O–H groups in total. The first kappa shape index (κ1) is 23.1. The Bertz CT molecular complexity index is 1070. The topological polar surface area (TPSA) is 58.7 Å². The molecule has 33 heavy (non-hydrogen) atoms. The molecule has 5 heteroatoms. The first-order valence-electron chi connectivity index (χ1n) is 11.7. The molecular weight excluding hydrogens is 415 g/mol. The van der Waals surface area contributed by atoms with E-state index in [9.17, 15) is 9.50 Å². The highest BCUT2D eigenvalue weighted by Gasteiger charge is 2.23. The van der Waals surface area contributed by atoms with Gasteiger partial charge in [0, 0.05) is 30.4 Å². The summed E-state index contributed by atoms with van der Waals surface area (Å²) in [7, 11) is 0. The number of anilines is 1. The highest BCUT2D eigenvalue weighted by molar-refractivity contribution is 5.54. The molecule has 0 bridgehead atoms. The number of hydrogen-bond acceptors (Lipinski definition) is 4. The van der Waals surface area contributed by atoms with E-state index in [0.29, 0.717) is 30.6 Å². The zero-order valence-corrected chi connectivity index (χ0v) is 19.5. The minimum atomic E-state index is -0.223. The Morgan fingerprint density at radius 1 is 0.939 bits per heavy atom. The van der Waals surface area contributed by atoms with Crippen molar-refractivity contribution in [2.24, 2.45) is 0 Å². The highest BCUT2D eigenvalue weighted by Crippen LogP contribution is 2.34. The minimum Gasteiger partial charge on any atom is -0.508 e. The van der Waals surface area contributed by atoms with Crippen molar-refractivity contribution in [3.05, 3.63) is 82.7 Å². The smallest absolute Gasteiger partial charge is 0.133 e. The molecule has 174 valence electrons. The molecule has 0 aliphatic heterocycles. The second-order valence-corrected chi connectivity index (χ2v) is 9.20. The van der Waals surface area contributed by atoms with Crippen molar-refractivity contribution in [2.45, 2.75) is 65.1 Å². The molecule has 0 heterocycles. The number of phenols is 1. The first-order valence-corrected chi connectivity index (χ1v) is 11.7. The summed E-state index contributed by atoms with van der Waals surface area (Å²) in [5.41, 5.74) is 10.5. The van der Waals surface area contributed by atoms with Crippen LogP contribution in [-0.4, -0.2) is 16.0 Å². The van der Waals surface area contributed by atoms with E-state index in [4.69, 9.17) is 10.5 Å². The van der Waals surface area contributed by atoms with Crippen molar-refractivity contribution in [1.82, 2.24) is 4.90 Å². The monoisotopic (exact) mass is 448 g/mol. The fraction of sp³-hybridized carbons (Fsp3) is 0.357. The van der Waals surface area contributed by atoms with Crippen molar-refractivity contribution in [3.8, 4) is 17.2 Å². The Balaban J connectivity index is 1.58. The van der Waals surface area contributed by atoms with Crippen molar-refractivity contribution in [3.63, 3.8) is 0 Å². The lowest BCUT2D eigenvalue weighted by Crippen LogP contribution is -2.35. The first-order chi connectivity index (χ1) is 15.9. The molecule has 3 aromatic rings. The van der Waals surface area contributed by atoms with Gasteiger partial charge in [-0.1, -0.05) is 31.4 Å². The van der Waals surface area contributed by atoms with E-state index in [0.717, 1.165) is 40.8 Å². The summed E-state index contributed by atoms with van der Waals surface area (Å²) in [5, 5.41) is 10.6. The van der Waals surface area contributed by atoms with Gasteiger partial charge in [0.15, 0.2) is 0 Å². The van der Waals surface area contributed by atoms with Gasteiger partial charge in [-0.3, -0.25) is 4.90 Å². The van der Waals surface area contributed by atoms with E-state index in [2.05, 4.69) is 4.90 Å². The number of benzene rings is 3. The number of aryl methyl sites for hydroxylation is 2. The number of aromatic hydroxyl groups is 1. The third kappa shape index (κ3) is 5.85. The molecule has 1 saturated carbocycles. The lowest BCUT2D eigenvalue weighted by atomic mass is 9.93. The van der Waals surface area contributed by atoms with Crippen LogP contribution in [0.5, 0.6) is 17.2 Å². The van der Waals surface area contributed by atoms with Gasteiger partial charge in [-0.25, -0.2) is 4.39 Å². The van der Waals surface area contributed by atoms with E-state index in [1.807, 2.05) is 44.2 Å². The average Bonchev–Trinajstić information content (AvgIpc) is 2.79. The molecule has 0 unspecified atom stereocenters. The number of phenolic OH excluding ortho intramolecular Hbond substituents is 1. The second kappa shape index (κ2) is 10.3. The van der Waals surface area contributed by atoms with Crippen molar-refractivity contribution in [2.75, 3.05) is 5.73 Å². The minimum absolute atomic E-state index is 0.223. The van der Waals surface area contributed by atoms with Crippen LogP contribution in [0.4, 0.5) is 10.1 Å². The number of nitrogens with zero attached hydrogens (tertiary/aromatic N) is 1. The molecule has 0 aromatic heterocycles. The molecule has 0 amide bonds. The predicted octanol–water partition coefficient (Wildman–Crippen LogP) is 6.86. The summed E-state index contributed by atoms with van der Waals surface area (Å²) >= 11 is 0. The molecule has 4 nitrogen and oxygen atoms in total. The van der Waals surface area contributed by atoms with Crippen LogP contribution in [0.25, 0.3) is 0 Å². The van der Waals surface area contributed by atoms with Gasteiger partial charge >= 0.3 is 0 Å². The van der Waals surface area contributed by atoms with Crippen molar-refractivity contribution >= 4 is 5.69 Å². The number of ether oxygens (including phenoxy) is 1. The Labute approximate surface area is 195 Å². The Morgan fingerprint density at radius 2 is 1.61 bits per heavy atom. The number of nitrogen functional groups attached to an aromatic ring is 1. The molecule has 3 aromatic carbocycles. The molecule has 0 saturated heterocycles. The van der Waals surface area contributed by atoms with Crippen molar-refractivity contribution < 1.29 is 14.2 Å². The lowest BCUT2D eigenvalue weighted by Gasteiger charge is -2.34. The van der Waals surface area contributed by atoms with Gasteiger partial charge in [0.1, 0.15) is 23.1 Å². The van der Waals surface area contributed by atoms with Crippen LogP contribution in [0, 0.1) is 19.7 Å². The fourth-order valence-corrected chi connectivity index (χ4v) is 4.82. The van der Waals surface area contributed by atoms with E-state index in [1.165, 1.54) is 31.4 Å². The quantitative estimate of drug-likeness (QED) is 0.388. The van der Waals surface area contributed by atoms with Crippen LogP contribution in [0.1, 0.15) is 54.4 Å². The maximum atomic E-state index is 13.4.